The summed E-state index contributed by atoms with van der Waals surface area (Å²) in [5.41, 5.74) is 1.54. The zero-order chi connectivity index (χ0) is 22.5. The lowest BCUT2D eigenvalue weighted by atomic mass is 9.94. The van der Waals surface area contributed by atoms with Gasteiger partial charge in [-0.15, -0.1) is 0 Å². The highest BCUT2D eigenvalue weighted by atomic mass is 19.1. The van der Waals surface area contributed by atoms with Crippen molar-refractivity contribution in [3.8, 4) is 11.5 Å². The molecule has 2 aromatic rings. The number of nitrogens with one attached hydrogen (secondary N) is 1. The van der Waals surface area contributed by atoms with E-state index in [0.717, 1.165) is 5.56 Å². The molecule has 0 saturated heterocycles. The molecule has 31 heavy (non-hydrogen) atoms. The Morgan fingerprint density at radius 2 is 1.94 bits per heavy atom. The number of carbonyl (C=O) groups is 2. The summed E-state index contributed by atoms with van der Waals surface area (Å²) >= 11 is 0. The Bertz CT molecular complexity index is 1020. The van der Waals surface area contributed by atoms with Crippen LogP contribution in [0.5, 0.6) is 11.5 Å². The Kier molecular flexibility index (Phi) is 6.79. The molecule has 1 unspecified atom stereocenters. The van der Waals surface area contributed by atoms with Crippen LogP contribution in [0.1, 0.15) is 24.1 Å². The van der Waals surface area contributed by atoms with Crippen LogP contribution < -0.4 is 14.8 Å². The van der Waals surface area contributed by atoms with Gasteiger partial charge in [0.1, 0.15) is 12.4 Å². The van der Waals surface area contributed by atoms with Crippen molar-refractivity contribution in [3.05, 3.63) is 70.7 Å². The standard InChI is InChI=1S/C23H25FN2O5/c1-5-30-22(27)20-17(13-31-18-11-10-14(2)12-19(18)29-4)26(3)23(28)25-21(20)15-8-6-7-9-16(15)24/h6-12,21H,5,13H2,1-4H3,(H,25,28). The molecule has 0 fully saturated rings. The van der Waals surface area contributed by atoms with Crippen LogP contribution in [0.25, 0.3) is 0 Å². The van der Waals surface area contributed by atoms with Crippen molar-refractivity contribution < 1.29 is 28.2 Å². The highest BCUT2D eigenvalue weighted by molar-refractivity contribution is 5.95. The van der Waals surface area contributed by atoms with Gasteiger partial charge in [-0.05, 0) is 37.6 Å². The number of hydrogen-bond donors (Lipinski definition) is 1. The van der Waals surface area contributed by atoms with Gasteiger partial charge in [-0.1, -0.05) is 24.3 Å². The van der Waals surface area contributed by atoms with Gasteiger partial charge < -0.3 is 19.5 Å². The summed E-state index contributed by atoms with van der Waals surface area (Å²) in [5.74, 6) is -0.228. The molecule has 0 aliphatic carbocycles. The Balaban J connectivity index is 2.06. The number of nitrogens with zero attached hydrogens (tertiary/aromatic N) is 1. The van der Waals surface area contributed by atoms with E-state index in [2.05, 4.69) is 5.32 Å². The topological polar surface area (TPSA) is 77.1 Å². The predicted molar refractivity (Wildman–Crippen MR) is 112 cm³/mol. The van der Waals surface area contributed by atoms with Crippen molar-refractivity contribution in [3.63, 3.8) is 0 Å². The van der Waals surface area contributed by atoms with Crippen LogP contribution in [0.4, 0.5) is 9.18 Å². The molecule has 164 valence electrons. The first kappa shape index (κ1) is 22.1. The van der Waals surface area contributed by atoms with Gasteiger partial charge in [0.2, 0.25) is 0 Å². The van der Waals surface area contributed by atoms with Crippen LogP contribution in [0.15, 0.2) is 53.7 Å². The molecule has 7 nitrogen and oxygen atoms in total. The van der Waals surface area contributed by atoms with Crippen LogP contribution in [0.3, 0.4) is 0 Å². The number of esters is 1. The number of likely N-dealkylation sites (N-methyl/N-ethyl adjacent to an activating group) is 1. The third-order valence-corrected chi connectivity index (χ3v) is 4.97. The van der Waals surface area contributed by atoms with Gasteiger partial charge in [0, 0.05) is 12.6 Å². The molecule has 3 rings (SSSR count). The SMILES string of the molecule is CCOC(=O)C1=C(COc2ccc(C)cc2OC)N(C)C(=O)NC1c1ccccc1F. The van der Waals surface area contributed by atoms with Gasteiger partial charge in [-0.2, -0.15) is 0 Å². The first-order valence-corrected chi connectivity index (χ1v) is 9.83. The van der Waals surface area contributed by atoms with Crippen LogP contribution in [0.2, 0.25) is 0 Å². The molecular weight excluding hydrogens is 403 g/mol. The molecule has 8 heteroatoms. The lowest BCUT2D eigenvalue weighted by Gasteiger charge is -2.34. The second-order valence-corrected chi connectivity index (χ2v) is 6.99. The summed E-state index contributed by atoms with van der Waals surface area (Å²) in [7, 11) is 3.04. The van der Waals surface area contributed by atoms with E-state index < -0.39 is 23.9 Å². The van der Waals surface area contributed by atoms with Crippen molar-refractivity contribution in [1.82, 2.24) is 10.2 Å². The number of rotatable bonds is 7. The first-order chi connectivity index (χ1) is 14.9. The Morgan fingerprint density at radius 3 is 2.61 bits per heavy atom. The molecule has 0 radical (unpaired) electrons. The fourth-order valence-corrected chi connectivity index (χ4v) is 3.36. The van der Waals surface area contributed by atoms with E-state index >= 15 is 0 Å². The van der Waals surface area contributed by atoms with Crippen molar-refractivity contribution in [2.45, 2.75) is 19.9 Å². The number of methoxy groups -OCH3 is 1. The summed E-state index contributed by atoms with van der Waals surface area (Å²) in [6.45, 7) is 3.60. The summed E-state index contributed by atoms with van der Waals surface area (Å²) in [5, 5.41) is 2.68. The zero-order valence-corrected chi connectivity index (χ0v) is 17.9. The quantitative estimate of drug-likeness (QED) is 0.680. The number of halogens is 1. The monoisotopic (exact) mass is 428 g/mol. The number of carbonyl (C=O) groups excluding carboxylic acids is 2. The summed E-state index contributed by atoms with van der Waals surface area (Å²) in [6, 6.07) is 9.89. The van der Waals surface area contributed by atoms with Gasteiger partial charge in [-0.3, -0.25) is 4.90 Å². The highest BCUT2D eigenvalue weighted by Crippen LogP contribution is 2.34. The van der Waals surface area contributed by atoms with E-state index in [4.69, 9.17) is 14.2 Å². The van der Waals surface area contributed by atoms with E-state index in [1.165, 1.54) is 37.3 Å². The van der Waals surface area contributed by atoms with Crippen molar-refractivity contribution in [1.29, 1.82) is 0 Å². The average molecular weight is 428 g/mol. The number of amides is 2. The molecule has 2 aromatic carbocycles. The molecule has 0 bridgehead atoms. The molecule has 1 atom stereocenters. The Morgan fingerprint density at radius 1 is 1.19 bits per heavy atom. The number of benzene rings is 2. The van der Waals surface area contributed by atoms with Crippen molar-refractivity contribution in [2.75, 3.05) is 27.4 Å². The Hall–Kier alpha value is -3.55. The number of hydrogen-bond acceptors (Lipinski definition) is 5. The van der Waals surface area contributed by atoms with Gasteiger partial charge in [0.25, 0.3) is 0 Å². The normalized spacial score (nSPS) is 16.1. The summed E-state index contributed by atoms with van der Waals surface area (Å²) in [4.78, 5) is 26.8. The second kappa shape index (κ2) is 9.51. The van der Waals surface area contributed by atoms with Crippen LogP contribution in [0, 0.1) is 12.7 Å². The minimum atomic E-state index is -1.01. The average Bonchev–Trinajstić information content (AvgIpc) is 2.75. The maximum absolute atomic E-state index is 14.5. The van der Waals surface area contributed by atoms with E-state index in [1.54, 1.807) is 19.1 Å². The van der Waals surface area contributed by atoms with Crippen LogP contribution in [-0.2, 0) is 9.53 Å². The first-order valence-electron chi connectivity index (χ1n) is 9.83. The number of urea groups is 1. The van der Waals surface area contributed by atoms with Crippen LogP contribution >= 0.6 is 0 Å². The lowest BCUT2D eigenvalue weighted by Crippen LogP contribution is -2.48. The zero-order valence-electron chi connectivity index (χ0n) is 17.9. The second-order valence-electron chi connectivity index (χ2n) is 6.99. The summed E-state index contributed by atoms with van der Waals surface area (Å²) in [6.07, 6.45) is 0. The minimum absolute atomic E-state index is 0.111. The van der Waals surface area contributed by atoms with Gasteiger partial charge in [0.05, 0.1) is 31.0 Å². The molecule has 0 spiro atoms. The van der Waals surface area contributed by atoms with Crippen LogP contribution in [-0.4, -0.2) is 44.3 Å². The molecular formula is C23H25FN2O5. The van der Waals surface area contributed by atoms with E-state index in [0.29, 0.717) is 11.5 Å². The number of aryl methyl sites for hydroxylation is 1. The molecule has 0 saturated carbocycles. The maximum Gasteiger partial charge on any atom is 0.338 e. The largest absolute Gasteiger partial charge is 0.493 e. The number of ether oxygens (including phenoxy) is 3. The molecule has 1 aliphatic heterocycles. The molecule has 2 amide bonds. The molecule has 0 aromatic heterocycles. The fraction of sp³-hybridized carbons (Fsp3) is 0.304. The molecule has 1 aliphatic rings. The summed E-state index contributed by atoms with van der Waals surface area (Å²) < 4.78 is 31.0. The third kappa shape index (κ3) is 4.63. The maximum atomic E-state index is 14.5. The van der Waals surface area contributed by atoms with Crippen molar-refractivity contribution in [2.24, 2.45) is 0 Å². The van der Waals surface area contributed by atoms with E-state index in [9.17, 15) is 14.0 Å². The smallest absolute Gasteiger partial charge is 0.338 e. The van der Waals surface area contributed by atoms with E-state index in [-0.39, 0.29) is 30.0 Å². The Labute approximate surface area is 180 Å². The van der Waals surface area contributed by atoms with E-state index in [1.807, 2.05) is 19.1 Å². The lowest BCUT2D eigenvalue weighted by molar-refractivity contribution is -0.139. The fourth-order valence-electron chi connectivity index (χ4n) is 3.36. The van der Waals surface area contributed by atoms with Gasteiger partial charge in [0.15, 0.2) is 11.5 Å². The minimum Gasteiger partial charge on any atom is -0.493 e. The van der Waals surface area contributed by atoms with Gasteiger partial charge >= 0.3 is 12.0 Å². The highest BCUT2D eigenvalue weighted by Gasteiger charge is 2.38. The third-order valence-electron chi connectivity index (χ3n) is 4.97. The van der Waals surface area contributed by atoms with Gasteiger partial charge in [-0.25, -0.2) is 14.0 Å². The molecule has 1 N–H and O–H groups in total. The predicted octanol–water partition coefficient (Wildman–Crippen LogP) is 3.74. The molecule has 1 heterocycles. The van der Waals surface area contributed by atoms with Crippen molar-refractivity contribution >= 4 is 12.0 Å².